The number of benzene rings is 3. The minimum absolute atomic E-state index is 0.128. The lowest BCUT2D eigenvalue weighted by Gasteiger charge is -2.20. The van der Waals surface area contributed by atoms with E-state index in [-0.39, 0.29) is 16.7 Å². The van der Waals surface area contributed by atoms with Crippen LogP contribution in [0.4, 0.5) is 5.69 Å². The Kier molecular flexibility index (Phi) is 5.59. The molecule has 0 spiro atoms. The van der Waals surface area contributed by atoms with Gasteiger partial charge in [-0.2, -0.15) is 0 Å². The Morgan fingerprint density at radius 3 is 2.53 bits per heavy atom. The van der Waals surface area contributed by atoms with Gasteiger partial charge in [-0.3, -0.25) is 9.10 Å². The van der Waals surface area contributed by atoms with Crippen LogP contribution < -0.4 is 9.62 Å². The predicted octanol–water partition coefficient (Wildman–Crippen LogP) is 3.97. The van der Waals surface area contributed by atoms with Crippen LogP contribution in [-0.2, 0) is 16.4 Å². The lowest BCUT2D eigenvalue weighted by molar-refractivity contribution is 0.0951. The molecule has 4 rings (SSSR count). The van der Waals surface area contributed by atoms with E-state index in [0.29, 0.717) is 30.8 Å². The Morgan fingerprint density at radius 1 is 1.00 bits per heavy atom. The van der Waals surface area contributed by atoms with E-state index in [4.69, 9.17) is 0 Å². The van der Waals surface area contributed by atoms with E-state index < -0.39 is 10.0 Å². The molecule has 0 aromatic heterocycles. The van der Waals surface area contributed by atoms with Gasteiger partial charge in [0.15, 0.2) is 0 Å². The van der Waals surface area contributed by atoms with E-state index in [1.165, 1.54) is 10.4 Å². The Morgan fingerprint density at radius 2 is 1.73 bits per heavy atom. The van der Waals surface area contributed by atoms with E-state index in [2.05, 4.69) is 5.32 Å². The summed E-state index contributed by atoms with van der Waals surface area (Å²) in [6, 6.07) is 23.7. The molecule has 0 aliphatic carbocycles. The van der Waals surface area contributed by atoms with E-state index in [0.717, 1.165) is 11.1 Å². The van der Waals surface area contributed by atoms with Crippen LogP contribution in [-0.4, -0.2) is 27.4 Å². The van der Waals surface area contributed by atoms with E-state index >= 15 is 0 Å². The van der Waals surface area contributed by atoms with Gasteiger partial charge >= 0.3 is 0 Å². The minimum atomic E-state index is -3.73. The zero-order valence-corrected chi connectivity index (χ0v) is 17.6. The first kappa shape index (κ1) is 20.2. The number of nitrogens with zero attached hydrogens (tertiary/aromatic N) is 1. The van der Waals surface area contributed by atoms with E-state index in [1.54, 1.807) is 18.2 Å². The molecule has 1 aliphatic rings. The number of para-hydroxylation sites is 1. The first-order valence-corrected chi connectivity index (χ1v) is 11.4. The maximum Gasteiger partial charge on any atom is 0.264 e. The fourth-order valence-electron chi connectivity index (χ4n) is 3.73. The maximum atomic E-state index is 13.2. The molecule has 3 aromatic carbocycles. The van der Waals surface area contributed by atoms with Gasteiger partial charge in [-0.1, -0.05) is 61.5 Å². The normalized spacial score (nSPS) is 14.2. The molecule has 30 heavy (non-hydrogen) atoms. The number of fused-ring (bicyclic) bond motifs is 1. The number of anilines is 1. The number of hydrogen-bond acceptors (Lipinski definition) is 3. The number of sulfonamides is 1. The minimum Gasteiger partial charge on any atom is -0.351 e. The molecule has 1 N–H and O–H groups in total. The van der Waals surface area contributed by atoms with Crippen LogP contribution >= 0.6 is 0 Å². The zero-order valence-electron chi connectivity index (χ0n) is 16.8. The number of amides is 1. The first-order chi connectivity index (χ1) is 14.5. The van der Waals surface area contributed by atoms with Gasteiger partial charge in [-0.15, -0.1) is 0 Å². The van der Waals surface area contributed by atoms with Crippen molar-refractivity contribution in [2.45, 2.75) is 24.2 Å². The monoisotopic (exact) mass is 420 g/mol. The Bertz CT molecular complexity index is 1160. The van der Waals surface area contributed by atoms with Gasteiger partial charge < -0.3 is 5.32 Å². The molecule has 0 bridgehead atoms. The van der Waals surface area contributed by atoms with Crippen molar-refractivity contribution in [1.82, 2.24) is 5.32 Å². The zero-order chi connectivity index (χ0) is 21.1. The summed E-state index contributed by atoms with van der Waals surface area (Å²) in [4.78, 5) is 12.8. The molecule has 3 aromatic rings. The molecule has 1 heterocycles. The summed E-state index contributed by atoms with van der Waals surface area (Å²) in [5.74, 6) is -0.125. The topological polar surface area (TPSA) is 66.5 Å². The van der Waals surface area contributed by atoms with Crippen molar-refractivity contribution in [3.8, 4) is 0 Å². The third-order valence-corrected chi connectivity index (χ3v) is 7.28. The highest BCUT2D eigenvalue weighted by Gasteiger charge is 2.30. The van der Waals surface area contributed by atoms with Crippen LogP contribution in [0.5, 0.6) is 0 Å². The van der Waals surface area contributed by atoms with Gasteiger partial charge in [0, 0.05) is 18.7 Å². The van der Waals surface area contributed by atoms with Gasteiger partial charge in [-0.05, 0) is 47.7 Å². The molecule has 0 radical (unpaired) electrons. The van der Waals surface area contributed by atoms with E-state index in [1.807, 2.05) is 61.5 Å². The average Bonchev–Trinajstić information content (AvgIpc) is 3.23. The van der Waals surface area contributed by atoms with Crippen molar-refractivity contribution in [2.75, 3.05) is 17.4 Å². The van der Waals surface area contributed by atoms with Crippen molar-refractivity contribution < 1.29 is 13.2 Å². The highest BCUT2D eigenvalue weighted by Crippen LogP contribution is 2.32. The molecule has 0 saturated heterocycles. The Balaban J connectivity index is 1.50. The number of nitrogens with one attached hydrogen (secondary N) is 1. The van der Waals surface area contributed by atoms with Gasteiger partial charge in [0.25, 0.3) is 15.9 Å². The molecule has 0 saturated carbocycles. The second-order valence-corrected chi connectivity index (χ2v) is 9.37. The van der Waals surface area contributed by atoms with Crippen LogP contribution in [0.1, 0.15) is 34.3 Å². The molecule has 154 valence electrons. The highest BCUT2D eigenvalue weighted by molar-refractivity contribution is 7.92. The molecule has 1 unspecified atom stereocenters. The summed E-state index contributed by atoms with van der Waals surface area (Å²) in [7, 11) is -3.73. The smallest absolute Gasteiger partial charge is 0.264 e. The summed E-state index contributed by atoms with van der Waals surface area (Å²) < 4.78 is 27.9. The Labute approximate surface area is 177 Å². The number of rotatable bonds is 6. The third-order valence-electron chi connectivity index (χ3n) is 5.47. The van der Waals surface area contributed by atoms with Crippen LogP contribution in [0.15, 0.2) is 83.8 Å². The number of carbonyl (C=O) groups is 1. The van der Waals surface area contributed by atoms with Crippen LogP contribution in [0, 0.1) is 0 Å². The van der Waals surface area contributed by atoms with Gasteiger partial charge in [0.1, 0.15) is 0 Å². The summed E-state index contributed by atoms with van der Waals surface area (Å²) in [5.41, 5.74) is 3.21. The molecule has 6 heteroatoms. The molecule has 1 aliphatic heterocycles. The summed E-state index contributed by atoms with van der Waals surface area (Å²) in [5, 5.41) is 2.91. The van der Waals surface area contributed by atoms with Crippen molar-refractivity contribution in [3.05, 3.63) is 95.6 Å². The van der Waals surface area contributed by atoms with Gasteiger partial charge in [-0.25, -0.2) is 8.42 Å². The second kappa shape index (κ2) is 8.32. The molecule has 5 nitrogen and oxygen atoms in total. The second-order valence-electron chi connectivity index (χ2n) is 7.51. The fourth-order valence-corrected chi connectivity index (χ4v) is 5.28. The molecule has 1 amide bonds. The SMILES string of the molecule is CC(CNC(=O)c1cccc(S(=O)(=O)N2CCc3ccccc32)c1)c1ccccc1. The Hall–Kier alpha value is -3.12. The number of hydrogen-bond donors (Lipinski definition) is 1. The van der Waals surface area contributed by atoms with Crippen LogP contribution in [0.25, 0.3) is 0 Å². The standard InChI is InChI=1S/C24H24N2O3S/c1-18(19-8-3-2-4-9-19)17-25-24(27)21-11-7-12-22(16-21)30(28,29)26-15-14-20-10-5-6-13-23(20)26/h2-13,16,18H,14-15,17H2,1H3,(H,25,27). The molecular formula is C24H24N2O3S. The highest BCUT2D eigenvalue weighted by atomic mass is 32.2. The van der Waals surface area contributed by atoms with Crippen molar-refractivity contribution in [2.24, 2.45) is 0 Å². The van der Waals surface area contributed by atoms with Crippen molar-refractivity contribution in [1.29, 1.82) is 0 Å². The quantitative estimate of drug-likeness (QED) is 0.656. The third kappa shape index (κ3) is 3.96. The maximum absolute atomic E-state index is 13.2. The molecule has 1 atom stereocenters. The molecular weight excluding hydrogens is 396 g/mol. The van der Waals surface area contributed by atoms with Gasteiger partial charge in [0.05, 0.1) is 10.6 Å². The lowest BCUT2D eigenvalue weighted by atomic mass is 10.0. The summed E-state index contributed by atoms with van der Waals surface area (Å²) >= 11 is 0. The first-order valence-electron chi connectivity index (χ1n) is 10.0. The van der Waals surface area contributed by atoms with Crippen molar-refractivity contribution >= 4 is 21.6 Å². The van der Waals surface area contributed by atoms with Crippen molar-refractivity contribution in [3.63, 3.8) is 0 Å². The van der Waals surface area contributed by atoms with Crippen LogP contribution in [0.3, 0.4) is 0 Å². The predicted molar refractivity (Wildman–Crippen MR) is 118 cm³/mol. The number of carbonyl (C=O) groups excluding carboxylic acids is 1. The van der Waals surface area contributed by atoms with E-state index in [9.17, 15) is 13.2 Å². The fraction of sp³-hybridized carbons (Fsp3) is 0.208. The van der Waals surface area contributed by atoms with Gasteiger partial charge in [0.2, 0.25) is 0 Å². The summed E-state index contributed by atoms with van der Waals surface area (Å²) in [6.07, 6.45) is 0.687. The lowest BCUT2D eigenvalue weighted by Crippen LogP contribution is -2.30. The van der Waals surface area contributed by atoms with Crippen LogP contribution in [0.2, 0.25) is 0 Å². The average molecular weight is 421 g/mol. The molecule has 0 fully saturated rings. The summed E-state index contributed by atoms with van der Waals surface area (Å²) in [6.45, 7) is 2.92. The largest absolute Gasteiger partial charge is 0.351 e.